The normalized spacial score (nSPS) is 18.1. The van der Waals surface area contributed by atoms with Crippen LogP contribution in [0, 0.1) is 17.2 Å². The highest BCUT2D eigenvalue weighted by Crippen LogP contribution is 2.33. The van der Waals surface area contributed by atoms with E-state index in [0.29, 0.717) is 12.1 Å². The number of alkyl halides is 1. The maximum Gasteiger partial charge on any atom is 0.232 e. The van der Waals surface area contributed by atoms with Crippen LogP contribution in [-0.2, 0) is 11.3 Å². The van der Waals surface area contributed by atoms with Crippen LogP contribution >= 0.6 is 12.2 Å². The minimum atomic E-state index is -1.04. The van der Waals surface area contributed by atoms with Gasteiger partial charge in [-0.05, 0) is 41.4 Å². The Bertz CT molecular complexity index is 844. The monoisotopic (exact) mass is 353 g/mol. The summed E-state index contributed by atoms with van der Waals surface area (Å²) in [5, 5.41) is 14.8. The van der Waals surface area contributed by atoms with E-state index in [-0.39, 0.29) is 17.4 Å². The van der Waals surface area contributed by atoms with Gasteiger partial charge in [0.15, 0.2) is 5.11 Å². The Balaban J connectivity index is 1.57. The van der Waals surface area contributed by atoms with Gasteiger partial charge < -0.3 is 10.6 Å². The molecule has 0 aliphatic heterocycles. The lowest BCUT2D eigenvalue weighted by Gasteiger charge is -2.10. The summed E-state index contributed by atoms with van der Waals surface area (Å²) in [5.41, 5.74) is 3.45. The number of hydrogen-bond acceptors (Lipinski definition) is 3. The number of carbonyl (C=O) groups is 1. The standard InChI is InChI=1S/C19H16FN3OS/c20-17-9-16(17)18(24)23-19(25)22-11-12-5-7-13(8-6-12)15-4-2-1-3-14(15)10-21/h1-8,16-17H,9,11H2,(H2,22,23,24,25)/t16-,17-/m1/s1. The number of halogens is 1. The summed E-state index contributed by atoms with van der Waals surface area (Å²) < 4.78 is 12.8. The van der Waals surface area contributed by atoms with Crippen molar-refractivity contribution in [1.29, 1.82) is 5.26 Å². The van der Waals surface area contributed by atoms with Crippen LogP contribution < -0.4 is 10.6 Å². The fraction of sp³-hybridized carbons (Fsp3) is 0.211. The molecule has 0 saturated heterocycles. The van der Waals surface area contributed by atoms with Crippen LogP contribution in [0.4, 0.5) is 4.39 Å². The number of amides is 1. The zero-order valence-electron chi connectivity index (χ0n) is 13.3. The fourth-order valence-electron chi connectivity index (χ4n) is 2.50. The summed E-state index contributed by atoms with van der Waals surface area (Å²) in [5.74, 6) is -0.923. The van der Waals surface area contributed by atoms with Gasteiger partial charge in [-0.2, -0.15) is 5.26 Å². The molecule has 25 heavy (non-hydrogen) atoms. The van der Waals surface area contributed by atoms with E-state index in [0.717, 1.165) is 16.7 Å². The summed E-state index contributed by atoms with van der Waals surface area (Å²) in [4.78, 5) is 11.6. The van der Waals surface area contributed by atoms with Crippen molar-refractivity contribution >= 4 is 23.2 Å². The first kappa shape index (κ1) is 17.1. The first-order valence-electron chi connectivity index (χ1n) is 7.89. The van der Waals surface area contributed by atoms with E-state index in [9.17, 15) is 14.4 Å². The van der Waals surface area contributed by atoms with E-state index in [1.165, 1.54) is 0 Å². The van der Waals surface area contributed by atoms with Crippen molar-refractivity contribution in [3.05, 3.63) is 59.7 Å². The Hall–Kier alpha value is -2.78. The molecule has 2 atom stereocenters. The van der Waals surface area contributed by atoms with Gasteiger partial charge in [-0.1, -0.05) is 42.5 Å². The number of hydrogen-bond donors (Lipinski definition) is 2. The molecule has 1 fully saturated rings. The van der Waals surface area contributed by atoms with E-state index in [2.05, 4.69) is 16.7 Å². The van der Waals surface area contributed by atoms with Crippen LogP contribution in [0.3, 0.4) is 0 Å². The highest BCUT2D eigenvalue weighted by Gasteiger charge is 2.43. The number of carbonyl (C=O) groups excluding carboxylic acids is 1. The lowest BCUT2D eigenvalue weighted by Crippen LogP contribution is -2.39. The lowest BCUT2D eigenvalue weighted by molar-refractivity contribution is -0.121. The van der Waals surface area contributed by atoms with Gasteiger partial charge >= 0.3 is 0 Å². The summed E-state index contributed by atoms with van der Waals surface area (Å²) in [6.45, 7) is 0.447. The SMILES string of the molecule is N#Cc1ccccc1-c1ccc(CNC(=S)NC(=O)[C@@H]2C[C@H]2F)cc1. The quantitative estimate of drug-likeness (QED) is 0.829. The third-order valence-corrected chi connectivity index (χ3v) is 4.30. The summed E-state index contributed by atoms with van der Waals surface area (Å²) in [6, 6.07) is 17.3. The zero-order valence-corrected chi connectivity index (χ0v) is 14.1. The van der Waals surface area contributed by atoms with Gasteiger partial charge in [0.1, 0.15) is 6.17 Å². The average molecular weight is 353 g/mol. The van der Waals surface area contributed by atoms with Crippen molar-refractivity contribution in [2.75, 3.05) is 0 Å². The number of nitrogens with zero attached hydrogens (tertiary/aromatic N) is 1. The van der Waals surface area contributed by atoms with E-state index in [1.807, 2.05) is 42.5 Å². The number of nitrogens with one attached hydrogen (secondary N) is 2. The van der Waals surface area contributed by atoms with E-state index in [1.54, 1.807) is 6.07 Å². The second kappa shape index (κ2) is 7.41. The van der Waals surface area contributed by atoms with Gasteiger partial charge in [-0.3, -0.25) is 4.79 Å². The van der Waals surface area contributed by atoms with Crippen molar-refractivity contribution < 1.29 is 9.18 Å². The largest absolute Gasteiger partial charge is 0.358 e. The minimum Gasteiger partial charge on any atom is -0.358 e. The van der Waals surface area contributed by atoms with Gasteiger partial charge in [0.2, 0.25) is 5.91 Å². The molecule has 2 aromatic rings. The maximum atomic E-state index is 12.8. The summed E-state index contributed by atoms with van der Waals surface area (Å²) >= 11 is 5.05. The van der Waals surface area contributed by atoms with Crippen LogP contribution in [0.5, 0.6) is 0 Å². The average Bonchev–Trinajstić information content (AvgIpc) is 3.37. The van der Waals surface area contributed by atoms with Gasteiger partial charge in [0.25, 0.3) is 0 Å². The van der Waals surface area contributed by atoms with Crippen molar-refractivity contribution in [1.82, 2.24) is 10.6 Å². The summed E-state index contributed by atoms with van der Waals surface area (Å²) in [7, 11) is 0. The van der Waals surface area contributed by atoms with Crippen LogP contribution in [0.25, 0.3) is 11.1 Å². The molecule has 0 aromatic heterocycles. The van der Waals surface area contributed by atoms with E-state index < -0.39 is 12.1 Å². The Morgan fingerprint density at radius 1 is 1.24 bits per heavy atom. The summed E-state index contributed by atoms with van der Waals surface area (Å²) in [6.07, 6.45) is -0.758. The molecule has 0 bridgehead atoms. The molecule has 4 nitrogen and oxygen atoms in total. The molecule has 0 spiro atoms. The number of nitriles is 1. The van der Waals surface area contributed by atoms with E-state index in [4.69, 9.17) is 12.2 Å². The Kier molecular flexibility index (Phi) is 5.05. The third kappa shape index (κ3) is 4.20. The Labute approximate surface area is 150 Å². The van der Waals surface area contributed by atoms with Gasteiger partial charge in [-0.25, -0.2) is 4.39 Å². The van der Waals surface area contributed by atoms with Crippen LogP contribution in [0.1, 0.15) is 17.5 Å². The molecule has 1 amide bonds. The zero-order chi connectivity index (χ0) is 17.8. The van der Waals surface area contributed by atoms with Gasteiger partial charge in [0.05, 0.1) is 17.6 Å². The lowest BCUT2D eigenvalue weighted by atomic mass is 9.99. The molecule has 0 heterocycles. The molecule has 1 aliphatic rings. The molecule has 6 heteroatoms. The Morgan fingerprint density at radius 3 is 2.56 bits per heavy atom. The smallest absolute Gasteiger partial charge is 0.232 e. The highest BCUT2D eigenvalue weighted by atomic mass is 32.1. The second-order valence-electron chi connectivity index (χ2n) is 5.88. The van der Waals surface area contributed by atoms with Gasteiger partial charge in [-0.15, -0.1) is 0 Å². The number of benzene rings is 2. The predicted molar refractivity (Wildman–Crippen MR) is 97.2 cm³/mol. The molecular weight excluding hydrogens is 337 g/mol. The minimum absolute atomic E-state index is 0.197. The van der Waals surface area contributed by atoms with Crippen LogP contribution in [0.2, 0.25) is 0 Å². The molecule has 3 rings (SSSR count). The second-order valence-corrected chi connectivity index (χ2v) is 6.29. The molecule has 1 aliphatic carbocycles. The number of thiocarbonyl (C=S) groups is 1. The molecule has 1 saturated carbocycles. The first-order valence-corrected chi connectivity index (χ1v) is 8.30. The predicted octanol–water partition coefficient (Wildman–Crippen LogP) is 3.07. The highest BCUT2D eigenvalue weighted by molar-refractivity contribution is 7.80. The fourth-order valence-corrected chi connectivity index (χ4v) is 2.67. The molecule has 0 radical (unpaired) electrons. The van der Waals surface area contributed by atoms with Crippen LogP contribution in [-0.4, -0.2) is 17.2 Å². The van der Waals surface area contributed by atoms with Crippen LogP contribution in [0.15, 0.2) is 48.5 Å². The van der Waals surface area contributed by atoms with Crippen molar-refractivity contribution in [2.24, 2.45) is 5.92 Å². The van der Waals surface area contributed by atoms with Gasteiger partial charge in [0, 0.05) is 6.54 Å². The maximum absolute atomic E-state index is 12.8. The molecular formula is C19H16FN3OS. The molecule has 126 valence electrons. The topological polar surface area (TPSA) is 64.9 Å². The van der Waals surface area contributed by atoms with Crippen molar-refractivity contribution in [2.45, 2.75) is 19.1 Å². The molecule has 0 unspecified atom stereocenters. The third-order valence-electron chi connectivity index (χ3n) is 4.05. The van der Waals surface area contributed by atoms with Crippen molar-refractivity contribution in [3.8, 4) is 17.2 Å². The van der Waals surface area contributed by atoms with E-state index >= 15 is 0 Å². The number of rotatable bonds is 4. The van der Waals surface area contributed by atoms with Crippen molar-refractivity contribution in [3.63, 3.8) is 0 Å². The first-order chi connectivity index (χ1) is 12.1. The molecule has 2 aromatic carbocycles. The Morgan fingerprint density at radius 2 is 1.92 bits per heavy atom. The molecule has 2 N–H and O–H groups in total.